The first-order valence-corrected chi connectivity index (χ1v) is 12.3. The summed E-state index contributed by atoms with van der Waals surface area (Å²) < 4.78 is 0. The van der Waals surface area contributed by atoms with Gasteiger partial charge in [0.1, 0.15) is 0 Å². The van der Waals surface area contributed by atoms with Crippen LogP contribution in [0.25, 0.3) is 54.5 Å². The third-order valence-electron chi connectivity index (χ3n) is 8.26. The van der Waals surface area contributed by atoms with Crippen molar-refractivity contribution in [3.8, 4) is 11.1 Å². The SMILES string of the molecule is CC1(c2ccc3ccccc3c2)c2ccccc2-c2cc3c(cc21)[nH]c1c2ccccc2ccc31. The Morgan fingerprint density at radius 2 is 1.26 bits per heavy atom. The number of aromatic amines is 1. The molecule has 1 nitrogen and oxygen atoms in total. The summed E-state index contributed by atoms with van der Waals surface area (Å²) in [6.45, 7) is 2.39. The topological polar surface area (TPSA) is 15.8 Å². The molecule has 1 heterocycles. The Morgan fingerprint density at radius 1 is 0.514 bits per heavy atom. The van der Waals surface area contributed by atoms with E-state index >= 15 is 0 Å². The summed E-state index contributed by atoms with van der Waals surface area (Å²) in [7, 11) is 0. The van der Waals surface area contributed by atoms with E-state index in [2.05, 4.69) is 127 Å². The quantitative estimate of drug-likeness (QED) is 0.259. The maximum Gasteiger partial charge on any atom is 0.0544 e. The minimum atomic E-state index is -0.219. The van der Waals surface area contributed by atoms with Crippen LogP contribution in [-0.4, -0.2) is 4.98 Å². The monoisotopic (exact) mass is 445 g/mol. The third-order valence-corrected chi connectivity index (χ3v) is 8.26. The van der Waals surface area contributed by atoms with Crippen molar-refractivity contribution in [2.24, 2.45) is 0 Å². The van der Waals surface area contributed by atoms with Gasteiger partial charge in [-0.2, -0.15) is 0 Å². The molecule has 1 atom stereocenters. The molecule has 1 N–H and O–H groups in total. The van der Waals surface area contributed by atoms with Gasteiger partial charge >= 0.3 is 0 Å². The number of aromatic nitrogens is 1. The van der Waals surface area contributed by atoms with E-state index in [1.54, 1.807) is 0 Å². The van der Waals surface area contributed by atoms with Crippen LogP contribution in [0.3, 0.4) is 0 Å². The van der Waals surface area contributed by atoms with Gasteiger partial charge < -0.3 is 4.98 Å². The van der Waals surface area contributed by atoms with Crippen molar-refractivity contribution in [3.05, 3.63) is 132 Å². The summed E-state index contributed by atoms with van der Waals surface area (Å²) in [6.07, 6.45) is 0. The zero-order valence-electron chi connectivity index (χ0n) is 19.5. The van der Waals surface area contributed by atoms with Crippen LogP contribution in [0.15, 0.2) is 115 Å². The van der Waals surface area contributed by atoms with Crippen molar-refractivity contribution >= 4 is 43.4 Å². The summed E-state index contributed by atoms with van der Waals surface area (Å²) in [5.41, 5.74) is 8.99. The maximum atomic E-state index is 3.80. The Morgan fingerprint density at radius 3 is 2.17 bits per heavy atom. The summed E-state index contributed by atoms with van der Waals surface area (Å²) >= 11 is 0. The number of benzene rings is 6. The molecule has 0 amide bonds. The second-order valence-electron chi connectivity index (χ2n) is 10.0. The Labute approximate surface area is 203 Å². The van der Waals surface area contributed by atoms with Gasteiger partial charge in [0.2, 0.25) is 0 Å². The molecule has 7 aromatic rings. The summed E-state index contributed by atoms with van der Waals surface area (Å²) in [4.78, 5) is 3.80. The van der Waals surface area contributed by atoms with E-state index in [0.29, 0.717) is 0 Å². The molecule has 35 heavy (non-hydrogen) atoms. The van der Waals surface area contributed by atoms with Crippen LogP contribution in [0.1, 0.15) is 23.6 Å². The Kier molecular flexibility index (Phi) is 3.59. The van der Waals surface area contributed by atoms with Crippen molar-refractivity contribution in [3.63, 3.8) is 0 Å². The first kappa shape index (κ1) is 19.0. The average Bonchev–Trinajstić information content (AvgIpc) is 3.41. The summed E-state index contributed by atoms with van der Waals surface area (Å²) in [5.74, 6) is 0. The van der Waals surface area contributed by atoms with Crippen LogP contribution in [-0.2, 0) is 5.41 Å². The van der Waals surface area contributed by atoms with Crippen LogP contribution in [0.5, 0.6) is 0 Å². The normalized spacial score (nSPS) is 16.8. The first-order chi connectivity index (χ1) is 17.2. The number of hydrogen-bond donors (Lipinski definition) is 1. The minimum absolute atomic E-state index is 0.219. The Hall–Kier alpha value is -4.36. The fourth-order valence-electron chi connectivity index (χ4n) is 6.44. The van der Waals surface area contributed by atoms with Crippen molar-refractivity contribution < 1.29 is 0 Å². The zero-order chi connectivity index (χ0) is 23.1. The molecule has 0 bridgehead atoms. The number of nitrogens with one attached hydrogen (secondary N) is 1. The number of hydrogen-bond acceptors (Lipinski definition) is 0. The number of rotatable bonds is 1. The highest BCUT2D eigenvalue weighted by molar-refractivity contribution is 6.18. The first-order valence-electron chi connectivity index (χ1n) is 12.3. The van der Waals surface area contributed by atoms with Gasteiger partial charge in [0, 0.05) is 27.1 Å². The molecule has 1 aliphatic carbocycles. The zero-order valence-corrected chi connectivity index (χ0v) is 19.5. The largest absolute Gasteiger partial charge is 0.354 e. The van der Waals surface area contributed by atoms with Crippen LogP contribution < -0.4 is 0 Å². The molecule has 0 saturated carbocycles. The van der Waals surface area contributed by atoms with E-state index in [0.717, 1.165) is 0 Å². The molecule has 1 aliphatic rings. The molecule has 0 fully saturated rings. The van der Waals surface area contributed by atoms with E-state index in [-0.39, 0.29) is 5.41 Å². The van der Waals surface area contributed by atoms with Gasteiger partial charge in [0.25, 0.3) is 0 Å². The highest BCUT2D eigenvalue weighted by Gasteiger charge is 2.41. The van der Waals surface area contributed by atoms with E-state index in [9.17, 15) is 0 Å². The molecule has 1 aromatic heterocycles. The van der Waals surface area contributed by atoms with Gasteiger partial charge in [-0.25, -0.2) is 0 Å². The van der Waals surface area contributed by atoms with E-state index < -0.39 is 0 Å². The van der Waals surface area contributed by atoms with Gasteiger partial charge in [-0.3, -0.25) is 0 Å². The average molecular weight is 446 g/mol. The Bertz CT molecular complexity index is 1970. The van der Waals surface area contributed by atoms with Crippen molar-refractivity contribution in [1.82, 2.24) is 4.98 Å². The van der Waals surface area contributed by atoms with Crippen molar-refractivity contribution in [2.75, 3.05) is 0 Å². The van der Waals surface area contributed by atoms with Crippen LogP contribution in [0.2, 0.25) is 0 Å². The fraction of sp³-hybridized carbons (Fsp3) is 0.0588. The van der Waals surface area contributed by atoms with E-state index in [1.807, 2.05) is 0 Å². The third kappa shape index (κ3) is 2.42. The summed E-state index contributed by atoms with van der Waals surface area (Å²) in [6, 6.07) is 42.5. The predicted molar refractivity (Wildman–Crippen MR) is 148 cm³/mol. The molecule has 8 rings (SSSR count). The van der Waals surface area contributed by atoms with Gasteiger partial charge in [-0.15, -0.1) is 0 Å². The maximum absolute atomic E-state index is 3.80. The molecule has 0 aliphatic heterocycles. The van der Waals surface area contributed by atoms with Crippen LogP contribution in [0, 0.1) is 0 Å². The highest BCUT2D eigenvalue weighted by atomic mass is 14.7. The molecular weight excluding hydrogens is 422 g/mol. The lowest BCUT2D eigenvalue weighted by molar-refractivity contribution is 0.716. The lowest BCUT2D eigenvalue weighted by Gasteiger charge is -2.28. The van der Waals surface area contributed by atoms with Gasteiger partial charge in [0.15, 0.2) is 0 Å². The number of fused-ring (bicyclic) bond motifs is 9. The molecule has 1 heteroatoms. The number of H-pyrrole nitrogens is 1. The second-order valence-corrected chi connectivity index (χ2v) is 10.0. The van der Waals surface area contributed by atoms with Crippen LogP contribution in [0.4, 0.5) is 0 Å². The van der Waals surface area contributed by atoms with E-state index in [1.165, 1.54) is 71.2 Å². The molecule has 164 valence electrons. The van der Waals surface area contributed by atoms with Gasteiger partial charge in [-0.05, 0) is 69.1 Å². The summed E-state index contributed by atoms with van der Waals surface area (Å²) in [5, 5.41) is 7.70. The highest BCUT2D eigenvalue weighted by Crippen LogP contribution is 2.54. The fourth-order valence-corrected chi connectivity index (χ4v) is 6.44. The molecular formula is C34H23N. The smallest absolute Gasteiger partial charge is 0.0544 e. The Balaban J connectivity index is 1.47. The minimum Gasteiger partial charge on any atom is -0.354 e. The second kappa shape index (κ2) is 6.61. The molecule has 6 aromatic carbocycles. The molecule has 0 spiro atoms. The molecule has 0 radical (unpaired) electrons. The van der Waals surface area contributed by atoms with Gasteiger partial charge in [-0.1, -0.05) is 97.1 Å². The van der Waals surface area contributed by atoms with E-state index in [4.69, 9.17) is 0 Å². The van der Waals surface area contributed by atoms with Crippen molar-refractivity contribution in [1.29, 1.82) is 0 Å². The predicted octanol–water partition coefficient (Wildman–Crippen LogP) is 8.96. The lowest BCUT2D eigenvalue weighted by atomic mass is 9.74. The van der Waals surface area contributed by atoms with Crippen LogP contribution >= 0.6 is 0 Å². The standard InChI is InChI=1S/C34H23N/c1-34(24-16-14-21-8-2-3-10-23(21)18-24)30-13-7-6-12-26(30)28-19-29-27-17-15-22-9-4-5-11-25(22)33(27)35-32(29)20-31(28)34/h2-20,35H,1H3. The molecule has 0 saturated heterocycles. The molecule has 1 unspecified atom stereocenters. The lowest BCUT2D eigenvalue weighted by Crippen LogP contribution is -2.22. The van der Waals surface area contributed by atoms with Gasteiger partial charge in [0.05, 0.1) is 5.52 Å². The van der Waals surface area contributed by atoms with Crippen molar-refractivity contribution in [2.45, 2.75) is 12.3 Å².